The molecule has 2 saturated carbocycles. The monoisotopic (exact) mass is 333 g/mol. The normalized spacial score (nSPS) is 34.8. The molecule has 3 fully saturated rings. The Kier molecular flexibility index (Phi) is 4.67. The first-order valence-corrected chi connectivity index (χ1v) is 9.78. The van der Waals surface area contributed by atoms with E-state index in [1.54, 1.807) is 0 Å². The van der Waals surface area contributed by atoms with Crippen molar-refractivity contribution >= 4 is 0 Å². The van der Waals surface area contributed by atoms with Crippen LogP contribution < -0.4 is 5.32 Å². The van der Waals surface area contributed by atoms with Crippen molar-refractivity contribution < 1.29 is 9.47 Å². The Morgan fingerprint density at radius 2 is 2.25 bits per heavy atom. The molecule has 5 heteroatoms. The summed E-state index contributed by atoms with van der Waals surface area (Å²) in [4.78, 5) is 4.60. The molecule has 0 aromatic carbocycles. The van der Waals surface area contributed by atoms with Gasteiger partial charge in [-0.25, -0.2) is 4.98 Å². The van der Waals surface area contributed by atoms with Crippen LogP contribution >= 0.6 is 0 Å². The quantitative estimate of drug-likeness (QED) is 0.869. The van der Waals surface area contributed by atoms with Gasteiger partial charge in [0.15, 0.2) is 0 Å². The molecule has 1 aromatic rings. The molecule has 4 rings (SSSR count). The Labute approximate surface area is 145 Å². The molecule has 1 saturated heterocycles. The largest absolute Gasteiger partial charge is 0.378 e. The highest BCUT2D eigenvalue weighted by Crippen LogP contribution is 2.57. The zero-order valence-corrected chi connectivity index (χ0v) is 15.0. The molecule has 0 unspecified atom stereocenters. The third-order valence-electron chi connectivity index (χ3n) is 6.52. The number of hydrogen-bond donors (Lipinski definition) is 1. The number of nitrogens with one attached hydrogen (secondary N) is 1. The first-order chi connectivity index (χ1) is 11.8. The van der Waals surface area contributed by atoms with Crippen LogP contribution in [0.1, 0.15) is 64.3 Å². The van der Waals surface area contributed by atoms with Crippen LogP contribution in [0.3, 0.4) is 0 Å². The van der Waals surface area contributed by atoms with E-state index in [1.807, 2.05) is 6.20 Å². The van der Waals surface area contributed by atoms with Gasteiger partial charge < -0.3 is 19.4 Å². The van der Waals surface area contributed by atoms with Gasteiger partial charge in [-0.15, -0.1) is 0 Å². The summed E-state index contributed by atoms with van der Waals surface area (Å²) in [6.07, 6.45) is 12.0. The second-order valence-corrected chi connectivity index (χ2v) is 7.60. The van der Waals surface area contributed by atoms with E-state index in [9.17, 15) is 0 Å². The number of aromatic nitrogens is 2. The molecule has 5 nitrogen and oxygen atoms in total. The molecule has 24 heavy (non-hydrogen) atoms. The average molecular weight is 333 g/mol. The molecule has 0 radical (unpaired) electrons. The second kappa shape index (κ2) is 6.77. The molecule has 1 spiro atoms. The van der Waals surface area contributed by atoms with Gasteiger partial charge in [-0.3, -0.25) is 0 Å². The summed E-state index contributed by atoms with van der Waals surface area (Å²) in [6, 6.07) is 0.957. The molecule has 134 valence electrons. The van der Waals surface area contributed by atoms with Crippen molar-refractivity contribution in [3.05, 3.63) is 18.2 Å². The third kappa shape index (κ3) is 2.61. The van der Waals surface area contributed by atoms with E-state index in [4.69, 9.17) is 9.47 Å². The van der Waals surface area contributed by atoms with Crippen LogP contribution in [0.5, 0.6) is 0 Å². The minimum atomic E-state index is 0.0805. The minimum absolute atomic E-state index is 0.0805. The molecular formula is C19H31N3O2. The van der Waals surface area contributed by atoms with Crippen LogP contribution in [-0.4, -0.2) is 41.0 Å². The fourth-order valence-electron chi connectivity index (χ4n) is 4.98. The van der Waals surface area contributed by atoms with E-state index in [0.717, 1.165) is 38.4 Å². The Morgan fingerprint density at radius 1 is 1.38 bits per heavy atom. The smallest absolute Gasteiger partial charge is 0.139 e. The first-order valence-electron chi connectivity index (χ1n) is 9.78. The van der Waals surface area contributed by atoms with E-state index in [-0.39, 0.29) is 6.10 Å². The summed E-state index contributed by atoms with van der Waals surface area (Å²) in [5.74, 6) is 1.08. The van der Waals surface area contributed by atoms with E-state index in [0.29, 0.717) is 23.6 Å². The molecule has 1 aromatic heterocycles. The molecule has 1 aliphatic heterocycles. The van der Waals surface area contributed by atoms with Crippen LogP contribution in [0.15, 0.2) is 12.4 Å². The van der Waals surface area contributed by atoms with Gasteiger partial charge in [-0.2, -0.15) is 0 Å². The van der Waals surface area contributed by atoms with Crippen molar-refractivity contribution in [1.82, 2.24) is 14.9 Å². The van der Waals surface area contributed by atoms with Crippen molar-refractivity contribution in [2.75, 3.05) is 13.2 Å². The highest BCUT2D eigenvalue weighted by molar-refractivity contribution is 5.14. The second-order valence-electron chi connectivity index (χ2n) is 7.60. The number of aryl methyl sites for hydroxylation is 1. The maximum atomic E-state index is 6.16. The van der Waals surface area contributed by atoms with Crippen molar-refractivity contribution in [1.29, 1.82) is 0 Å². The topological polar surface area (TPSA) is 48.3 Å². The summed E-state index contributed by atoms with van der Waals surface area (Å²) in [5.41, 5.74) is 0.401. The highest BCUT2D eigenvalue weighted by atomic mass is 16.5. The predicted octanol–water partition coefficient (Wildman–Crippen LogP) is 3.06. The van der Waals surface area contributed by atoms with Crippen LogP contribution in [0.25, 0.3) is 0 Å². The fourth-order valence-corrected chi connectivity index (χ4v) is 4.98. The Morgan fingerprint density at radius 3 is 2.96 bits per heavy atom. The summed E-state index contributed by atoms with van der Waals surface area (Å²) < 4.78 is 14.4. The lowest BCUT2D eigenvalue weighted by Gasteiger charge is -2.62. The fraction of sp³-hybridized carbons (Fsp3) is 0.842. The standard InChI is InChI=1S/C19H31N3O2/c1-3-22-11-10-20-18(22)17-14(7-5-12-24-17)21-15-13-16(23-4-2)19(15)8-6-9-19/h10-11,14-17,21H,3-9,12-13H2,1-2H3/t14-,15+,16-,17-/m0/s1. The van der Waals surface area contributed by atoms with Crippen molar-refractivity contribution in [3.8, 4) is 0 Å². The Balaban J connectivity index is 1.47. The molecule has 1 N–H and O–H groups in total. The predicted molar refractivity (Wildman–Crippen MR) is 92.9 cm³/mol. The third-order valence-corrected chi connectivity index (χ3v) is 6.52. The van der Waals surface area contributed by atoms with Gasteiger partial charge >= 0.3 is 0 Å². The minimum Gasteiger partial charge on any atom is -0.378 e. The average Bonchev–Trinajstić information content (AvgIpc) is 3.01. The van der Waals surface area contributed by atoms with Gasteiger partial charge in [-0.1, -0.05) is 6.42 Å². The number of rotatable bonds is 6. The maximum Gasteiger partial charge on any atom is 0.139 e. The van der Waals surface area contributed by atoms with Gasteiger partial charge in [0.1, 0.15) is 11.9 Å². The lowest BCUT2D eigenvalue weighted by molar-refractivity contribution is -0.179. The summed E-state index contributed by atoms with van der Waals surface area (Å²) >= 11 is 0. The van der Waals surface area contributed by atoms with Crippen molar-refractivity contribution in [2.24, 2.45) is 5.41 Å². The molecule has 2 aliphatic carbocycles. The van der Waals surface area contributed by atoms with Crippen LogP contribution in [0.2, 0.25) is 0 Å². The summed E-state index contributed by atoms with van der Waals surface area (Å²) in [7, 11) is 0. The van der Waals surface area contributed by atoms with Gasteiger partial charge in [0.25, 0.3) is 0 Å². The van der Waals surface area contributed by atoms with Gasteiger partial charge in [0.05, 0.1) is 6.10 Å². The lowest BCUT2D eigenvalue weighted by Crippen LogP contribution is -2.68. The number of ether oxygens (including phenoxy) is 2. The Hall–Kier alpha value is -0.910. The molecule has 0 amide bonds. The summed E-state index contributed by atoms with van der Waals surface area (Å²) in [6.45, 7) is 6.90. The van der Waals surface area contributed by atoms with Crippen LogP contribution in [0, 0.1) is 5.41 Å². The number of hydrogen-bond acceptors (Lipinski definition) is 4. The van der Waals surface area contributed by atoms with Gasteiger partial charge in [0.2, 0.25) is 0 Å². The van der Waals surface area contributed by atoms with Crippen LogP contribution in [0.4, 0.5) is 0 Å². The van der Waals surface area contributed by atoms with Gasteiger partial charge in [-0.05, 0) is 46.0 Å². The molecular weight excluding hydrogens is 302 g/mol. The van der Waals surface area contributed by atoms with E-state index >= 15 is 0 Å². The van der Waals surface area contributed by atoms with Crippen LogP contribution in [-0.2, 0) is 16.0 Å². The molecule has 2 heterocycles. The zero-order valence-electron chi connectivity index (χ0n) is 15.0. The molecule has 4 atom stereocenters. The first kappa shape index (κ1) is 16.6. The van der Waals surface area contributed by atoms with Gasteiger partial charge in [0, 0.05) is 49.7 Å². The van der Waals surface area contributed by atoms with Crippen molar-refractivity contribution in [2.45, 2.75) is 83.2 Å². The SMILES string of the molecule is CCO[C@H]1C[C@@H](N[C@H]2CCCO[C@@H]2c2nccn2CC)C12CCC2. The molecule has 3 aliphatic rings. The van der Waals surface area contributed by atoms with E-state index in [2.05, 4.69) is 34.9 Å². The Bertz CT molecular complexity index is 555. The van der Waals surface area contributed by atoms with E-state index in [1.165, 1.54) is 25.7 Å². The maximum absolute atomic E-state index is 6.16. The zero-order chi connectivity index (χ0) is 16.6. The number of nitrogens with zero attached hydrogens (tertiary/aromatic N) is 2. The van der Waals surface area contributed by atoms with E-state index < -0.39 is 0 Å². The summed E-state index contributed by atoms with van der Waals surface area (Å²) in [5, 5.41) is 3.97. The number of imidazole rings is 1. The molecule has 0 bridgehead atoms. The van der Waals surface area contributed by atoms with Crippen molar-refractivity contribution in [3.63, 3.8) is 0 Å². The lowest BCUT2D eigenvalue weighted by atomic mass is 9.51. The highest BCUT2D eigenvalue weighted by Gasteiger charge is 2.59.